The number of para-hydroxylation sites is 1. The van der Waals surface area contributed by atoms with Crippen molar-refractivity contribution in [3.8, 4) is 11.4 Å². The molecule has 7 nitrogen and oxygen atoms in total. The van der Waals surface area contributed by atoms with E-state index in [0.29, 0.717) is 23.1 Å². The average molecular weight is 511 g/mol. The summed E-state index contributed by atoms with van der Waals surface area (Å²) in [5.74, 6) is 1.03. The summed E-state index contributed by atoms with van der Waals surface area (Å²) >= 11 is 6.44. The molecule has 0 saturated heterocycles. The normalized spacial score (nSPS) is 11.4. The number of nitrogens with zero attached hydrogens (tertiary/aromatic N) is 3. The van der Waals surface area contributed by atoms with Crippen LogP contribution in [0.5, 0.6) is 5.75 Å². The minimum absolute atomic E-state index is 0.0638. The highest BCUT2D eigenvalue weighted by molar-refractivity contribution is 6.32. The summed E-state index contributed by atoms with van der Waals surface area (Å²) in [7, 11) is 1.60. The molecule has 0 radical (unpaired) electrons. The Labute approximate surface area is 218 Å². The number of methoxy groups -OCH3 is 1. The highest BCUT2D eigenvalue weighted by atomic mass is 35.5. The zero-order valence-electron chi connectivity index (χ0n) is 21.8. The maximum absolute atomic E-state index is 13.2. The molecule has 36 heavy (non-hydrogen) atoms. The third-order valence-electron chi connectivity index (χ3n) is 5.61. The summed E-state index contributed by atoms with van der Waals surface area (Å²) in [6.07, 6.45) is 0.204. The van der Waals surface area contributed by atoms with E-state index in [-0.39, 0.29) is 36.1 Å². The summed E-state index contributed by atoms with van der Waals surface area (Å²) in [6, 6.07) is 16.6. The van der Waals surface area contributed by atoms with Gasteiger partial charge in [-0.3, -0.25) is 9.59 Å². The lowest BCUT2D eigenvalue weighted by atomic mass is 9.92. The van der Waals surface area contributed by atoms with Crippen LogP contribution in [0, 0.1) is 5.92 Å². The van der Waals surface area contributed by atoms with Crippen LogP contribution < -0.4 is 10.1 Å². The minimum Gasteiger partial charge on any atom is -0.497 e. The highest BCUT2D eigenvalue weighted by Gasteiger charge is 2.24. The van der Waals surface area contributed by atoms with Crippen molar-refractivity contribution in [1.82, 2.24) is 14.7 Å². The first-order valence-electron chi connectivity index (χ1n) is 12.0. The fraction of sp³-hybridized carbons (Fsp3) is 0.393. The predicted molar refractivity (Wildman–Crippen MR) is 144 cm³/mol. The van der Waals surface area contributed by atoms with Gasteiger partial charge in [0.2, 0.25) is 11.8 Å². The van der Waals surface area contributed by atoms with Crippen LogP contribution in [-0.4, -0.2) is 46.7 Å². The van der Waals surface area contributed by atoms with Crippen LogP contribution in [0.4, 0.5) is 5.82 Å². The second-order valence-corrected chi connectivity index (χ2v) is 10.7. The number of hydrogen-bond acceptors (Lipinski definition) is 4. The number of halogens is 1. The molecule has 0 aliphatic carbocycles. The lowest BCUT2D eigenvalue weighted by Gasteiger charge is -2.24. The Balaban J connectivity index is 1.81. The van der Waals surface area contributed by atoms with Gasteiger partial charge in [-0.2, -0.15) is 5.10 Å². The van der Waals surface area contributed by atoms with E-state index in [2.05, 4.69) is 26.1 Å². The van der Waals surface area contributed by atoms with Gasteiger partial charge >= 0.3 is 0 Å². The Bertz CT molecular complexity index is 1200. The second kappa shape index (κ2) is 11.6. The SMILES string of the molecule is COc1ccc(CC(=O)N(CC(=O)Nc2cc(C(C)(C)C)nn2-c2ccccc2Cl)CC(C)C)cc1. The second-order valence-electron chi connectivity index (χ2n) is 10.3. The van der Waals surface area contributed by atoms with Crippen LogP contribution in [0.1, 0.15) is 45.9 Å². The van der Waals surface area contributed by atoms with Crippen LogP contribution in [0.25, 0.3) is 5.69 Å². The fourth-order valence-electron chi connectivity index (χ4n) is 3.72. The molecule has 2 amide bonds. The molecule has 0 aliphatic rings. The molecular formula is C28H35ClN4O3. The van der Waals surface area contributed by atoms with Crippen molar-refractivity contribution in [3.63, 3.8) is 0 Å². The van der Waals surface area contributed by atoms with E-state index in [9.17, 15) is 9.59 Å². The molecule has 8 heteroatoms. The predicted octanol–water partition coefficient (Wildman–Crippen LogP) is 5.50. The van der Waals surface area contributed by atoms with Crippen LogP contribution in [-0.2, 0) is 21.4 Å². The van der Waals surface area contributed by atoms with E-state index in [1.54, 1.807) is 22.8 Å². The number of carbonyl (C=O) groups excluding carboxylic acids is 2. The molecule has 3 aromatic rings. The number of ether oxygens (including phenoxy) is 1. The largest absolute Gasteiger partial charge is 0.497 e. The van der Waals surface area contributed by atoms with Crippen LogP contribution in [0.3, 0.4) is 0 Å². The number of anilines is 1. The number of rotatable bonds is 9. The van der Waals surface area contributed by atoms with Crippen LogP contribution in [0.15, 0.2) is 54.6 Å². The maximum Gasteiger partial charge on any atom is 0.245 e. The summed E-state index contributed by atoms with van der Waals surface area (Å²) in [5, 5.41) is 8.20. The zero-order chi connectivity index (χ0) is 26.5. The summed E-state index contributed by atoms with van der Waals surface area (Å²) in [6.45, 7) is 10.6. The van der Waals surface area contributed by atoms with Gasteiger partial charge in [0.15, 0.2) is 0 Å². The number of carbonyl (C=O) groups is 2. The first-order valence-corrected chi connectivity index (χ1v) is 12.4. The highest BCUT2D eigenvalue weighted by Crippen LogP contribution is 2.29. The van der Waals surface area contributed by atoms with Gasteiger partial charge in [-0.05, 0) is 35.7 Å². The van der Waals surface area contributed by atoms with Gasteiger partial charge in [0.1, 0.15) is 11.6 Å². The molecule has 0 bridgehead atoms. The maximum atomic E-state index is 13.2. The Morgan fingerprint density at radius 1 is 1.11 bits per heavy atom. The summed E-state index contributed by atoms with van der Waals surface area (Å²) in [5.41, 5.74) is 2.11. The molecule has 0 aliphatic heterocycles. The van der Waals surface area contributed by atoms with Gasteiger partial charge in [-0.25, -0.2) is 4.68 Å². The quantitative estimate of drug-likeness (QED) is 0.412. The zero-order valence-corrected chi connectivity index (χ0v) is 22.6. The molecule has 0 saturated carbocycles. The molecule has 0 unspecified atom stereocenters. The topological polar surface area (TPSA) is 76.5 Å². The number of nitrogens with one attached hydrogen (secondary N) is 1. The van der Waals surface area contributed by atoms with Gasteiger partial charge < -0.3 is 15.0 Å². The molecule has 2 aromatic carbocycles. The van der Waals surface area contributed by atoms with Gasteiger partial charge in [0.05, 0.1) is 36.5 Å². The number of aromatic nitrogens is 2. The van der Waals surface area contributed by atoms with E-state index < -0.39 is 0 Å². The van der Waals surface area contributed by atoms with Crippen molar-refractivity contribution in [1.29, 1.82) is 0 Å². The lowest BCUT2D eigenvalue weighted by molar-refractivity contribution is -0.134. The lowest BCUT2D eigenvalue weighted by Crippen LogP contribution is -2.41. The molecule has 0 atom stereocenters. The number of benzene rings is 2. The minimum atomic E-state index is -0.299. The van der Waals surface area contributed by atoms with Gasteiger partial charge in [-0.15, -0.1) is 0 Å². The van der Waals surface area contributed by atoms with Crippen molar-refractivity contribution in [2.75, 3.05) is 25.5 Å². The Morgan fingerprint density at radius 3 is 2.36 bits per heavy atom. The Morgan fingerprint density at radius 2 is 1.78 bits per heavy atom. The van der Waals surface area contributed by atoms with Crippen molar-refractivity contribution in [2.24, 2.45) is 5.92 Å². The standard InChI is InChI=1S/C28H35ClN4O3/c1-19(2)17-32(27(35)15-20-11-13-21(36-6)14-12-20)18-26(34)30-25-16-24(28(3,4)5)31-33(25)23-10-8-7-9-22(23)29/h7-14,16,19H,15,17-18H2,1-6H3,(H,30,34). The van der Waals surface area contributed by atoms with E-state index >= 15 is 0 Å². The smallest absolute Gasteiger partial charge is 0.245 e. The molecule has 1 heterocycles. The third-order valence-corrected chi connectivity index (χ3v) is 5.93. The summed E-state index contributed by atoms with van der Waals surface area (Å²) in [4.78, 5) is 27.9. The van der Waals surface area contributed by atoms with E-state index in [0.717, 1.165) is 17.0 Å². The fourth-order valence-corrected chi connectivity index (χ4v) is 3.94. The third kappa shape index (κ3) is 7.10. The van der Waals surface area contributed by atoms with Crippen molar-refractivity contribution in [3.05, 3.63) is 70.9 Å². The van der Waals surface area contributed by atoms with E-state index in [1.807, 2.05) is 62.4 Å². The Hall–Kier alpha value is -3.32. The molecule has 192 valence electrons. The van der Waals surface area contributed by atoms with Gasteiger partial charge in [0, 0.05) is 18.0 Å². The van der Waals surface area contributed by atoms with E-state index in [4.69, 9.17) is 21.4 Å². The monoisotopic (exact) mass is 510 g/mol. The van der Waals surface area contributed by atoms with Crippen molar-refractivity contribution in [2.45, 2.75) is 46.5 Å². The number of amides is 2. The average Bonchev–Trinajstić information content (AvgIpc) is 3.23. The van der Waals surface area contributed by atoms with Crippen LogP contribution >= 0.6 is 11.6 Å². The molecule has 3 rings (SSSR count). The van der Waals surface area contributed by atoms with Crippen molar-refractivity contribution >= 4 is 29.2 Å². The van der Waals surface area contributed by atoms with Crippen LogP contribution in [0.2, 0.25) is 5.02 Å². The Kier molecular flexibility index (Phi) is 8.79. The molecule has 0 spiro atoms. The molecule has 1 aromatic heterocycles. The first-order chi connectivity index (χ1) is 17.0. The van der Waals surface area contributed by atoms with Gasteiger partial charge in [0.25, 0.3) is 0 Å². The van der Waals surface area contributed by atoms with Crippen molar-refractivity contribution < 1.29 is 14.3 Å². The number of hydrogen-bond donors (Lipinski definition) is 1. The van der Waals surface area contributed by atoms with E-state index in [1.165, 1.54) is 0 Å². The molecular weight excluding hydrogens is 476 g/mol. The summed E-state index contributed by atoms with van der Waals surface area (Å²) < 4.78 is 6.84. The first kappa shape index (κ1) is 27.3. The molecule has 1 N–H and O–H groups in total. The molecule has 0 fully saturated rings. The van der Waals surface area contributed by atoms with Gasteiger partial charge in [-0.1, -0.05) is 70.5 Å².